The van der Waals surface area contributed by atoms with E-state index in [9.17, 15) is 4.39 Å². The molecule has 2 aliphatic rings. The SMILES string of the molecule is CCC(N)C(c1ccccc1F)N1CCC2CCCCC21. The van der Waals surface area contributed by atoms with Gasteiger partial charge in [0.2, 0.25) is 0 Å². The van der Waals surface area contributed by atoms with Crippen molar-refractivity contribution < 1.29 is 4.39 Å². The monoisotopic (exact) mass is 290 g/mol. The number of halogens is 1. The largest absolute Gasteiger partial charge is 0.326 e. The van der Waals surface area contributed by atoms with Crippen LogP contribution in [0.2, 0.25) is 0 Å². The summed E-state index contributed by atoms with van der Waals surface area (Å²) < 4.78 is 14.3. The zero-order chi connectivity index (χ0) is 14.8. The van der Waals surface area contributed by atoms with Crippen LogP contribution in [0, 0.1) is 11.7 Å². The molecule has 4 unspecified atom stereocenters. The molecule has 2 N–H and O–H groups in total. The van der Waals surface area contributed by atoms with Crippen molar-refractivity contribution in [2.75, 3.05) is 6.54 Å². The Hall–Kier alpha value is -0.930. The molecular weight excluding hydrogens is 263 g/mol. The van der Waals surface area contributed by atoms with Crippen LogP contribution in [0.5, 0.6) is 0 Å². The first-order valence-electron chi connectivity index (χ1n) is 8.48. The zero-order valence-electron chi connectivity index (χ0n) is 13.0. The molecule has 1 aliphatic heterocycles. The predicted octanol–water partition coefficient (Wildman–Crippen LogP) is 3.87. The molecule has 0 bridgehead atoms. The highest BCUT2D eigenvalue weighted by atomic mass is 19.1. The van der Waals surface area contributed by atoms with Gasteiger partial charge in [-0.05, 0) is 44.2 Å². The molecule has 21 heavy (non-hydrogen) atoms. The standard InChI is InChI=1S/C18H27FN2/c1-2-16(20)18(14-8-4-5-9-15(14)19)21-12-11-13-7-3-6-10-17(13)21/h4-5,8-9,13,16-18H,2-3,6-7,10-12,20H2,1H3. The van der Waals surface area contributed by atoms with Gasteiger partial charge in [-0.1, -0.05) is 38.0 Å². The van der Waals surface area contributed by atoms with Gasteiger partial charge in [-0.15, -0.1) is 0 Å². The van der Waals surface area contributed by atoms with E-state index in [0.717, 1.165) is 24.4 Å². The molecular formula is C18H27FN2. The lowest BCUT2D eigenvalue weighted by molar-refractivity contribution is 0.112. The van der Waals surface area contributed by atoms with Crippen LogP contribution >= 0.6 is 0 Å². The third-order valence-corrected chi connectivity index (χ3v) is 5.51. The van der Waals surface area contributed by atoms with Crippen LogP contribution in [0.25, 0.3) is 0 Å². The number of fused-ring (bicyclic) bond motifs is 1. The highest BCUT2D eigenvalue weighted by Crippen LogP contribution is 2.42. The summed E-state index contributed by atoms with van der Waals surface area (Å²) in [6.07, 6.45) is 7.40. The van der Waals surface area contributed by atoms with Gasteiger partial charge in [0.1, 0.15) is 5.82 Å². The Kier molecular flexibility index (Phi) is 4.60. The van der Waals surface area contributed by atoms with Crippen molar-refractivity contribution in [1.82, 2.24) is 4.90 Å². The summed E-state index contributed by atoms with van der Waals surface area (Å²) in [5.74, 6) is 0.697. The predicted molar refractivity (Wildman–Crippen MR) is 84.5 cm³/mol. The highest BCUT2D eigenvalue weighted by Gasteiger charge is 2.41. The normalized spacial score (nSPS) is 29.1. The van der Waals surface area contributed by atoms with Crippen LogP contribution in [-0.4, -0.2) is 23.5 Å². The van der Waals surface area contributed by atoms with Crippen molar-refractivity contribution in [2.24, 2.45) is 11.7 Å². The van der Waals surface area contributed by atoms with Crippen molar-refractivity contribution in [2.45, 2.75) is 63.6 Å². The maximum Gasteiger partial charge on any atom is 0.128 e. The molecule has 0 aromatic heterocycles. The van der Waals surface area contributed by atoms with Gasteiger partial charge in [0, 0.05) is 17.6 Å². The second kappa shape index (κ2) is 6.45. The Morgan fingerprint density at radius 3 is 2.76 bits per heavy atom. The lowest BCUT2D eigenvalue weighted by atomic mass is 9.84. The molecule has 1 heterocycles. The lowest BCUT2D eigenvalue weighted by Gasteiger charge is -2.40. The van der Waals surface area contributed by atoms with Crippen molar-refractivity contribution in [3.05, 3.63) is 35.6 Å². The van der Waals surface area contributed by atoms with Crippen LogP contribution in [0.4, 0.5) is 4.39 Å². The van der Waals surface area contributed by atoms with Gasteiger partial charge in [0.15, 0.2) is 0 Å². The van der Waals surface area contributed by atoms with Crippen LogP contribution in [0.3, 0.4) is 0 Å². The first kappa shape index (κ1) is 15.0. The molecule has 3 rings (SSSR count). The van der Waals surface area contributed by atoms with E-state index in [1.54, 1.807) is 12.1 Å². The summed E-state index contributed by atoms with van der Waals surface area (Å²) in [5, 5.41) is 0. The first-order chi connectivity index (χ1) is 10.2. The number of nitrogens with zero attached hydrogens (tertiary/aromatic N) is 1. The zero-order valence-corrected chi connectivity index (χ0v) is 13.0. The number of nitrogens with two attached hydrogens (primary N) is 1. The Balaban J connectivity index is 1.91. The number of rotatable bonds is 4. The maximum absolute atomic E-state index is 14.3. The molecule has 1 aromatic rings. The number of benzene rings is 1. The number of hydrogen-bond acceptors (Lipinski definition) is 2. The minimum Gasteiger partial charge on any atom is -0.326 e. The highest BCUT2D eigenvalue weighted by molar-refractivity contribution is 5.24. The van der Waals surface area contributed by atoms with Crippen molar-refractivity contribution in [3.8, 4) is 0 Å². The van der Waals surface area contributed by atoms with Gasteiger partial charge in [-0.3, -0.25) is 4.90 Å². The van der Waals surface area contributed by atoms with Crippen LogP contribution < -0.4 is 5.73 Å². The molecule has 2 fully saturated rings. The van der Waals surface area contributed by atoms with Gasteiger partial charge in [0.25, 0.3) is 0 Å². The molecule has 1 aliphatic carbocycles. The van der Waals surface area contributed by atoms with Crippen molar-refractivity contribution >= 4 is 0 Å². The molecule has 0 amide bonds. The minimum absolute atomic E-state index is 0.00239. The maximum atomic E-state index is 14.3. The summed E-state index contributed by atoms with van der Waals surface area (Å²) in [6.45, 7) is 3.18. The average molecular weight is 290 g/mol. The van der Waals surface area contributed by atoms with Gasteiger partial charge >= 0.3 is 0 Å². The van der Waals surface area contributed by atoms with Crippen LogP contribution in [-0.2, 0) is 0 Å². The van der Waals surface area contributed by atoms with E-state index in [1.165, 1.54) is 32.1 Å². The second-order valence-electron chi connectivity index (χ2n) is 6.68. The van der Waals surface area contributed by atoms with E-state index in [0.29, 0.717) is 6.04 Å². The van der Waals surface area contributed by atoms with E-state index in [1.807, 2.05) is 12.1 Å². The first-order valence-corrected chi connectivity index (χ1v) is 8.48. The van der Waals surface area contributed by atoms with Gasteiger partial charge in [0.05, 0.1) is 6.04 Å². The summed E-state index contributed by atoms with van der Waals surface area (Å²) in [7, 11) is 0. The summed E-state index contributed by atoms with van der Waals surface area (Å²) in [5.41, 5.74) is 7.20. The second-order valence-corrected chi connectivity index (χ2v) is 6.68. The molecule has 1 aromatic carbocycles. The molecule has 1 saturated carbocycles. The van der Waals surface area contributed by atoms with Crippen molar-refractivity contribution in [3.63, 3.8) is 0 Å². The number of likely N-dealkylation sites (tertiary alicyclic amines) is 1. The Morgan fingerprint density at radius 2 is 2.00 bits per heavy atom. The smallest absolute Gasteiger partial charge is 0.128 e. The van der Waals surface area contributed by atoms with Gasteiger partial charge in [-0.25, -0.2) is 4.39 Å². The van der Waals surface area contributed by atoms with E-state index >= 15 is 0 Å². The quantitative estimate of drug-likeness (QED) is 0.912. The van der Waals surface area contributed by atoms with Crippen molar-refractivity contribution in [1.29, 1.82) is 0 Å². The molecule has 3 heteroatoms. The summed E-state index contributed by atoms with van der Waals surface area (Å²) >= 11 is 0. The van der Waals surface area contributed by atoms with Gasteiger partial charge < -0.3 is 5.73 Å². The van der Waals surface area contributed by atoms with E-state index in [-0.39, 0.29) is 17.9 Å². The third kappa shape index (κ3) is 2.86. The fourth-order valence-electron chi connectivity index (χ4n) is 4.38. The average Bonchev–Trinajstić information content (AvgIpc) is 2.93. The number of hydrogen-bond donors (Lipinski definition) is 1. The molecule has 0 spiro atoms. The lowest BCUT2D eigenvalue weighted by Crippen LogP contribution is -2.45. The Bertz CT molecular complexity index is 476. The summed E-state index contributed by atoms with van der Waals surface area (Å²) in [6, 6.07) is 7.83. The van der Waals surface area contributed by atoms with Crippen LogP contribution in [0.1, 0.15) is 57.1 Å². The molecule has 116 valence electrons. The van der Waals surface area contributed by atoms with E-state index in [2.05, 4.69) is 11.8 Å². The molecule has 1 saturated heterocycles. The third-order valence-electron chi connectivity index (χ3n) is 5.51. The Morgan fingerprint density at radius 1 is 1.24 bits per heavy atom. The fraction of sp³-hybridized carbons (Fsp3) is 0.667. The Labute approximate surface area is 127 Å². The fourth-order valence-corrected chi connectivity index (χ4v) is 4.38. The molecule has 4 atom stereocenters. The van der Waals surface area contributed by atoms with Gasteiger partial charge in [-0.2, -0.15) is 0 Å². The summed E-state index contributed by atoms with van der Waals surface area (Å²) in [4.78, 5) is 2.52. The van der Waals surface area contributed by atoms with E-state index < -0.39 is 0 Å². The topological polar surface area (TPSA) is 29.3 Å². The molecule has 0 radical (unpaired) electrons. The molecule has 2 nitrogen and oxygen atoms in total. The van der Waals surface area contributed by atoms with Crippen LogP contribution in [0.15, 0.2) is 24.3 Å². The minimum atomic E-state index is -0.106. The van der Waals surface area contributed by atoms with E-state index in [4.69, 9.17) is 5.73 Å².